The van der Waals surface area contributed by atoms with E-state index in [2.05, 4.69) is 10.4 Å². The number of benzene rings is 1. The van der Waals surface area contributed by atoms with Gasteiger partial charge in [-0.05, 0) is 42.5 Å². The number of amides is 1. The number of carbonyl (C=O) groups is 1. The van der Waals surface area contributed by atoms with Crippen LogP contribution in [0, 0.1) is 11.8 Å². The molecule has 2 heterocycles. The molecule has 0 spiro atoms. The summed E-state index contributed by atoms with van der Waals surface area (Å²) < 4.78 is 67.3. The molecule has 1 aliphatic rings. The summed E-state index contributed by atoms with van der Waals surface area (Å²) in [6.45, 7) is 4.88. The van der Waals surface area contributed by atoms with E-state index in [0.29, 0.717) is 13.1 Å². The number of aromatic nitrogens is 2. The van der Waals surface area contributed by atoms with Crippen molar-refractivity contribution in [2.24, 2.45) is 18.9 Å². The van der Waals surface area contributed by atoms with Gasteiger partial charge in [-0.25, -0.2) is 8.42 Å². The number of aryl methyl sites for hydroxylation is 1. The van der Waals surface area contributed by atoms with E-state index in [0.717, 1.165) is 17.3 Å². The Morgan fingerprint density at radius 1 is 1.13 bits per heavy atom. The lowest BCUT2D eigenvalue weighted by atomic mass is 9.94. The fraction of sp³-hybridized carbons (Fsp3) is 0.474. The zero-order chi connectivity index (χ0) is 22.3. The van der Waals surface area contributed by atoms with Crippen molar-refractivity contribution in [3.63, 3.8) is 0 Å². The second-order valence-corrected chi connectivity index (χ2v) is 9.75. The highest BCUT2D eigenvalue weighted by Crippen LogP contribution is 2.31. The van der Waals surface area contributed by atoms with Crippen molar-refractivity contribution in [3.05, 3.63) is 41.7 Å². The Morgan fingerprint density at radius 2 is 1.70 bits per heavy atom. The lowest BCUT2D eigenvalue weighted by Gasteiger charge is -2.34. The van der Waals surface area contributed by atoms with Crippen LogP contribution in [0.2, 0.25) is 0 Å². The van der Waals surface area contributed by atoms with Gasteiger partial charge in [-0.3, -0.25) is 9.48 Å². The zero-order valence-electron chi connectivity index (χ0n) is 16.8. The number of halogens is 3. The van der Waals surface area contributed by atoms with E-state index in [-0.39, 0.29) is 22.4 Å². The number of hydrogen-bond acceptors (Lipinski definition) is 4. The molecule has 11 heteroatoms. The van der Waals surface area contributed by atoms with E-state index in [1.54, 1.807) is 0 Å². The minimum Gasteiger partial charge on any atom is -0.322 e. The molecule has 30 heavy (non-hydrogen) atoms. The Hall–Kier alpha value is -2.40. The maximum Gasteiger partial charge on any atom is 0.435 e. The van der Waals surface area contributed by atoms with Gasteiger partial charge in [0.05, 0.1) is 10.5 Å². The van der Waals surface area contributed by atoms with E-state index >= 15 is 0 Å². The molecule has 0 saturated carbocycles. The van der Waals surface area contributed by atoms with Gasteiger partial charge in [0.15, 0.2) is 5.69 Å². The second kappa shape index (κ2) is 8.03. The van der Waals surface area contributed by atoms with Crippen molar-refractivity contribution in [1.82, 2.24) is 14.1 Å². The number of sulfonamides is 1. The lowest BCUT2D eigenvalue weighted by Crippen LogP contribution is -2.42. The molecule has 2 atom stereocenters. The third-order valence-electron chi connectivity index (χ3n) is 4.93. The number of hydrogen-bond donors (Lipinski definition) is 1. The first-order chi connectivity index (χ1) is 13.9. The van der Waals surface area contributed by atoms with Crippen molar-refractivity contribution in [3.8, 4) is 0 Å². The molecule has 3 rings (SSSR count). The largest absolute Gasteiger partial charge is 0.435 e. The van der Waals surface area contributed by atoms with E-state index in [9.17, 15) is 26.4 Å². The smallest absolute Gasteiger partial charge is 0.322 e. The molecule has 1 fully saturated rings. The van der Waals surface area contributed by atoms with Crippen LogP contribution in [0.3, 0.4) is 0 Å². The average Bonchev–Trinajstić information content (AvgIpc) is 3.04. The molecular formula is C19H23F3N4O3S. The van der Waals surface area contributed by atoms with Gasteiger partial charge in [0.2, 0.25) is 10.0 Å². The van der Waals surface area contributed by atoms with Gasteiger partial charge in [0.1, 0.15) is 0 Å². The quantitative estimate of drug-likeness (QED) is 0.784. The van der Waals surface area contributed by atoms with Crippen LogP contribution in [-0.2, 0) is 23.2 Å². The Bertz CT molecular complexity index is 1020. The highest BCUT2D eigenvalue weighted by molar-refractivity contribution is 7.89. The first kappa shape index (κ1) is 22.3. The fourth-order valence-electron chi connectivity index (χ4n) is 3.72. The van der Waals surface area contributed by atoms with Crippen molar-refractivity contribution in [2.75, 3.05) is 18.4 Å². The van der Waals surface area contributed by atoms with Crippen LogP contribution in [0.1, 0.15) is 36.3 Å². The molecular weight excluding hydrogens is 421 g/mol. The number of nitrogens with zero attached hydrogens (tertiary/aromatic N) is 3. The highest BCUT2D eigenvalue weighted by atomic mass is 32.2. The van der Waals surface area contributed by atoms with Crippen LogP contribution in [0.4, 0.5) is 18.9 Å². The molecule has 1 aromatic heterocycles. The molecule has 2 aromatic rings. The summed E-state index contributed by atoms with van der Waals surface area (Å²) in [6, 6.07) is 5.38. The monoisotopic (exact) mass is 444 g/mol. The summed E-state index contributed by atoms with van der Waals surface area (Å²) in [5, 5.41) is 5.66. The zero-order valence-corrected chi connectivity index (χ0v) is 17.6. The predicted molar refractivity (Wildman–Crippen MR) is 104 cm³/mol. The summed E-state index contributed by atoms with van der Waals surface area (Å²) in [7, 11) is -2.40. The van der Waals surface area contributed by atoms with E-state index in [1.165, 1.54) is 35.6 Å². The van der Waals surface area contributed by atoms with Crippen LogP contribution in [0.15, 0.2) is 35.4 Å². The van der Waals surface area contributed by atoms with Crippen LogP contribution in [0.25, 0.3) is 0 Å². The molecule has 1 aromatic carbocycles. The Kier molecular flexibility index (Phi) is 5.96. The SMILES string of the molecule is CC1CC(C)CN(S(=O)(=O)c2ccc(NC(=O)c3cn(C)nc3C(F)(F)F)cc2)C1. The van der Waals surface area contributed by atoms with Gasteiger partial charge >= 0.3 is 6.18 Å². The van der Waals surface area contributed by atoms with Crippen molar-refractivity contribution in [2.45, 2.75) is 31.3 Å². The first-order valence-corrected chi connectivity index (χ1v) is 10.8. The molecule has 1 saturated heterocycles. The van der Waals surface area contributed by atoms with Crippen LogP contribution >= 0.6 is 0 Å². The Balaban J connectivity index is 1.77. The van der Waals surface area contributed by atoms with Gasteiger partial charge in [0, 0.05) is 32.0 Å². The summed E-state index contributed by atoms with van der Waals surface area (Å²) in [6.07, 6.45) is -2.82. The minimum atomic E-state index is -4.77. The van der Waals surface area contributed by atoms with Crippen molar-refractivity contribution >= 4 is 21.6 Å². The first-order valence-electron chi connectivity index (χ1n) is 9.40. The van der Waals surface area contributed by atoms with Gasteiger partial charge in [-0.2, -0.15) is 22.6 Å². The Labute approximate surface area is 172 Å². The highest BCUT2D eigenvalue weighted by Gasteiger charge is 2.39. The van der Waals surface area contributed by atoms with Crippen LogP contribution in [-0.4, -0.2) is 41.5 Å². The summed E-state index contributed by atoms with van der Waals surface area (Å²) >= 11 is 0. The second-order valence-electron chi connectivity index (χ2n) is 7.81. The molecule has 164 valence electrons. The number of nitrogens with one attached hydrogen (secondary N) is 1. The number of piperidine rings is 1. The minimum absolute atomic E-state index is 0.0687. The fourth-order valence-corrected chi connectivity index (χ4v) is 5.40. The van der Waals surface area contributed by atoms with Crippen LogP contribution in [0.5, 0.6) is 0 Å². The molecule has 1 aliphatic heterocycles. The summed E-state index contributed by atoms with van der Waals surface area (Å²) in [5.74, 6) is -0.474. The molecule has 7 nitrogen and oxygen atoms in total. The number of rotatable bonds is 4. The topological polar surface area (TPSA) is 84.3 Å². The van der Waals surface area contributed by atoms with E-state index in [4.69, 9.17) is 0 Å². The Morgan fingerprint density at radius 3 is 2.23 bits per heavy atom. The number of alkyl halides is 3. The third kappa shape index (κ3) is 4.67. The lowest BCUT2D eigenvalue weighted by molar-refractivity contribution is -0.141. The number of anilines is 1. The van der Waals surface area contributed by atoms with Gasteiger partial charge in [-0.15, -0.1) is 0 Å². The molecule has 0 aliphatic carbocycles. The van der Waals surface area contributed by atoms with Gasteiger partial charge in [0.25, 0.3) is 5.91 Å². The van der Waals surface area contributed by atoms with Crippen LogP contribution < -0.4 is 5.32 Å². The predicted octanol–water partition coefficient (Wildman–Crippen LogP) is 3.36. The van der Waals surface area contributed by atoms with Crippen molar-refractivity contribution < 1.29 is 26.4 Å². The molecule has 0 bridgehead atoms. The maximum absolute atomic E-state index is 13.0. The molecule has 2 unspecified atom stereocenters. The standard InChI is InChI=1S/C19H23F3N4O3S/c1-12-8-13(2)10-26(9-12)30(28,29)15-6-4-14(5-7-15)23-18(27)16-11-25(3)24-17(16)19(20,21)22/h4-7,11-13H,8-10H2,1-3H3,(H,23,27). The summed E-state index contributed by atoms with van der Waals surface area (Å²) in [5.41, 5.74) is -1.72. The summed E-state index contributed by atoms with van der Waals surface area (Å²) in [4.78, 5) is 12.4. The average molecular weight is 444 g/mol. The van der Waals surface area contributed by atoms with Gasteiger partial charge < -0.3 is 5.32 Å². The molecule has 1 amide bonds. The van der Waals surface area contributed by atoms with Gasteiger partial charge in [-0.1, -0.05) is 13.8 Å². The molecule has 1 N–H and O–H groups in total. The molecule has 0 radical (unpaired) electrons. The van der Waals surface area contributed by atoms with E-state index < -0.39 is 33.4 Å². The maximum atomic E-state index is 13.0. The number of carbonyl (C=O) groups excluding carboxylic acids is 1. The normalized spacial score (nSPS) is 20.9. The van der Waals surface area contributed by atoms with Crippen molar-refractivity contribution in [1.29, 1.82) is 0 Å². The van der Waals surface area contributed by atoms with E-state index in [1.807, 2.05) is 13.8 Å². The third-order valence-corrected chi connectivity index (χ3v) is 6.77.